The van der Waals surface area contributed by atoms with Gasteiger partial charge in [-0.2, -0.15) is 0 Å². The highest BCUT2D eigenvalue weighted by Crippen LogP contribution is 2.20. The molecular formula is C13H29N3. The molecule has 1 aliphatic heterocycles. The zero-order valence-electron chi connectivity index (χ0n) is 11.5. The number of likely N-dealkylation sites (tertiary alicyclic amines) is 1. The van der Waals surface area contributed by atoms with Crippen molar-refractivity contribution < 1.29 is 0 Å². The van der Waals surface area contributed by atoms with Crippen molar-refractivity contribution >= 4 is 0 Å². The predicted octanol–water partition coefficient (Wildman–Crippen LogP) is 1.39. The standard InChI is InChI=1S/C13H29N3/c1-13(2,10-14)11-16(4)12-6-5-8-15(3)9-7-12/h12H,5-11,14H2,1-4H3. The molecule has 0 aromatic carbocycles. The van der Waals surface area contributed by atoms with Gasteiger partial charge in [0.15, 0.2) is 0 Å². The number of hydrogen-bond acceptors (Lipinski definition) is 3. The summed E-state index contributed by atoms with van der Waals surface area (Å²) in [7, 11) is 4.49. The summed E-state index contributed by atoms with van der Waals surface area (Å²) in [6.07, 6.45) is 3.96. The third-order valence-electron chi connectivity index (χ3n) is 3.77. The van der Waals surface area contributed by atoms with Crippen LogP contribution in [0.4, 0.5) is 0 Å². The normalized spacial score (nSPS) is 24.8. The highest BCUT2D eigenvalue weighted by molar-refractivity contribution is 4.80. The van der Waals surface area contributed by atoms with Crippen LogP contribution in [0.3, 0.4) is 0 Å². The van der Waals surface area contributed by atoms with Crippen LogP contribution in [0.2, 0.25) is 0 Å². The Kier molecular flexibility index (Phi) is 5.22. The fourth-order valence-corrected chi connectivity index (χ4v) is 2.53. The SMILES string of the molecule is CN1CCCC(N(C)CC(C)(C)CN)CC1. The zero-order chi connectivity index (χ0) is 12.2. The van der Waals surface area contributed by atoms with E-state index >= 15 is 0 Å². The van der Waals surface area contributed by atoms with E-state index in [-0.39, 0.29) is 5.41 Å². The Morgan fingerprint density at radius 1 is 1.31 bits per heavy atom. The third kappa shape index (κ3) is 4.40. The van der Waals surface area contributed by atoms with E-state index in [1.54, 1.807) is 0 Å². The van der Waals surface area contributed by atoms with Crippen LogP contribution in [0.15, 0.2) is 0 Å². The first-order chi connectivity index (χ1) is 7.44. The van der Waals surface area contributed by atoms with Gasteiger partial charge in [-0.3, -0.25) is 0 Å². The second kappa shape index (κ2) is 5.99. The Labute approximate surface area is 101 Å². The lowest BCUT2D eigenvalue weighted by atomic mass is 9.92. The minimum absolute atomic E-state index is 0.243. The minimum atomic E-state index is 0.243. The first-order valence-electron chi connectivity index (χ1n) is 6.53. The van der Waals surface area contributed by atoms with Gasteiger partial charge in [-0.05, 0) is 58.4 Å². The van der Waals surface area contributed by atoms with Crippen molar-refractivity contribution in [3.63, 3.8) is 0 Å². The van der Waals surface area contributed by atoms with E-state index in [0.717, 1.165) is 19.1 Å². The van der Waals surface area contributed by atoms with Crippen LogP contribution < -0.4 is 5.73 Å². The molecule has 0 aliphatic carbocycles. The molecule has 0 aromatic rings. The average Bonchev–Trinajstić information content (AvgIpc) is 2.42. The molecule has 2 N–H and O–H groups in total. The highest BCUT2D eigenvalue weighted by atomic mass is 15.2. The van der Waals surface area contributed by atoms with Crippen LogP contribution in [0.1, 0.15) is 33.1 Å². The van der Waals surface area contributed by atoms with Crippen molar-refractivity contribution in [1.29, 1.82) is 0 Å². The summed E-state index contributed by atoms with van der Waals surface area (Å²) in [5, 5.41) is 0. The third-order valence-corrected chi connectivity index (χ3v) is 3.77. The van der Waals surface area contributed by atoms with E-state index < -0.39 is 0 Å². The smallest absolute Gasteiger partial charge is 0.0105 e. The maximum atomic E-state index is 5.80. The Morgan fingerprint density at radius 3 is 2.62 bits per heavy atom. The Morgan fingerprint density at radius 2 is 2.00 bits per heavy atom. The topological polar surface area (TPSA) is 32.5 Å². The lowest BCUT2D eigenvalue weighted by molar-refractivity contribution is 0.152. The van der Waals surface area contributed by atoms with Gasteiger partial charge >= 0.3 is 0 Å². The molecule has 1 aliphatic rings. The number of nitrogens with two attached hydrogens (primary N) is 1. The molecular weight excluding hydrogens is 198 g/mol. The van der Waals surface area contributed by atoms with Gasteiger partial charge in [0.25, 0.3) is 0 Å². The average molecular weight is 227 g/mol. The van der Waals surface area contributed by atoms with Crippen molar-refractivity contribution in [2.45, 2.75) is 39.2 Å². The molecule has 0 saturated carbocycles. The maximum absolute atomic E-state index is 5.80. The van der Waals surface area contributed by atoms with Crippen LogP contribution in [-0.4, -0.2) is 56.1 Å². The highest BCUT2D eigenvalue weighted by Gasteiger charge is 2.24. The molecule has 1 heterocycles. The predicted molar refractivity (Wildman–Crippen MR) is 70.6 cm³/mol. The van der Waals surface area contributed by atoms with E-state index in [1.165, 1.54) is 32.4 Å². The lowest BCUT2D eigenvalue weighted by Gasteiger charge is -2.34. The summed E-state index contributed by atoms with van der Waals surface area (Å²) in [6, 6.07) is 0.746. The molecule has 0 bridgehead atoms. The van der Waals surface area contributed by atoms with Gasteiger partial charge in [0.1, 0.15) is 0 Å². The van der Waals surface area contributed by atoms with E-state index in [1.807, 2.05) is 0 Å². The quantitative estimate of drug-likeness (QED) is 0.788. The van der Waals surface area contributed by atoms with E-state index in [9.17, 15) is 0 Å². The van der Waals surface area contributed by atoms with Crippen molar-refractivity contribution in [1.82, 2.24) is 9.80 Å². The Hall–Kier alpha value is -0.120. The molecule has 1 saturated heterocycles. The lowest BCUT2D eigenvalue weighted by Crippen LogP contribution is -2.42. The van der Waals surface area contributed by atoms with E-state index in [2.05, 4.69) is 37.7 Å². The van der Waals surface area contributed by atoms with Crippen LogP contribution in [0.25, 0.3) is 0 Å². The van der Waals surface area contributed by atoms with Crippen molar-refractivity contribution in [3.05, 3.63) is 0 Å². The zero-order valence-corrected chi connectivity index (χ0v) is 11.5. The summed E-state index contributed by atoms with van der Waals surface area (Å²) in [5.41, 5.74) is 6.05. The fraction of sp³-hybridized carbons (Fsp3) is 1.00. The summed E-state index contributed by atoms with van der Waals surface area (Å²) < 4.78 is 0. The van der Waals surface area contributed by atoms with Gasteiger partial charge < -0.3 is 15.5 Å². The number of rotatable bonds is 4. The summed E-state index contributed by atoms with van der Waals surface area (Å²) in [6.45, 7) is 8.88. The van der Waals surface area contributed by atoms with E-state index in [4.69, 9.17) is 5.73 Å². The molecule has 3 nitrogen and oxygen atoms in total. The first kappa shape index (κ1) is 13.9. The summed E-state index contributed by atoms with van der Waals surface area (Å²) >= 11 is 0. The molecule has 1 fully saturated rings. The molecule has 16 heavy (non-hydrogen) atoms. The molecule has 0 spiro atoms. The molecule has 0 amide bonds. The largest absolute Gasteiger partial charge is 0.330 e. The van der Waals surface area contributed by atoms with Gasteiger partial charge in [-0.15, -0.1) is 0 Å². The molecule has 0 aromatic heterocycles. The number of nitrogens with zero attached hydrogens (tertiary/aromatic N) is 2. The van der Waals surface area contributed by atoms with Gasteiger partial charge in [-0.1, -0.05) is 13.8 Å². The summed E-state index contributed by atoms with van der Waals surface area (Å²) in [5.74, 6) is 0. The first-order valence-corrected chi connectivity index (χ1v) is 6.53. The molecule has 3 heteroatoms. The maximum Gasteiger partial charge on any atom is 0.0105 e. The molecule has 0 radical (unpaired) electrons. The van der Waals surface area contributed by atoms with Gasteiger partial charge in [-0.25, -0.2) is 0 Å². The van der Waals surface area contributed by atoms with Gasteiger partial charge in [0.05, 0.1) is 0 Å². The van der Waals surface area contributed by atoms with Gasteiger partial charge in [0, 0.05) is 12.6 Å². The molecule has 1 atom stereocenters. The van der Waals surface area contributed by atoms with E-state index in [0.29, 0.717) is 0 Å². The van der Waals surface area contributed by atoms with Crippen LogP contribution in [-0.2, 0) is 0 Å². The second-order valence-electron chi connectivity index (χ2n) is 6.17. The summed E-state index contributed by atoms with van der Waals surface area (Å²) in [4.78, 5) is 4.97. The molecule has 96 valence electrons. The number of hydrogen-bond donors (Lipinski definition) is 1. The second-order valence-corrected chi connectivity index (χ2v) is 6.17. The van der Waals surface area contributed by atoms with Crippen LogP contribution >= 0.6 is 0 Å². The monoisotopic (exact) mass is 227 g/mol. The van der Waals surface area contributed by atoms with Gasteiger partial charge in [0.2, 0.25) is 0 Å². The fourth-order valence-electron chi connectivity index (χ4n) is 2.53. The minimum Gasteiger partial charge on any atom is -0.330 e. The molecule has 1 rings (SSSR count). The molecule has 1 unspecified atom stereocenters. The Balaban J connectivity index is 2.43. The van der Waals surface area contributed by atoms with Crippen molar-refractivity contribution in [2.24, 2.45) is 11.1 Å². The van der Waals surface area contributed by atoms with Crippen LogP contribution in [0.5, 0.6) is 0 Å². The van der Waals surface area contributed by atoms with Crippen molar-refractivity contribution in [3.8, 4) is 0 Å². The Bertz CT molecular complexity index is 203. The van der Waals surface area contributed by atoms with Crippen LogP contribution in [0, 0.1) is 5.41 Å². The van der Waals surface area contributed by atoms with Crippen molar-refractivity contribution in [2.75, 3.05) is 40.3 Å².